The number of urea groups is 1. The van der Waals surface area contributed by atoms with Gasteiger partial charge in [-0.3, -0.25) is 4.72 Å². The summed E-state index contributed by atoms with van der Waals surface area (Å²) in [5.74, 6) is -0.394. The number of carbonyl (C=O) groups excluding carboxylic acids is 1. The van der Waals surface area contributed by atoms with Crippen molar-refractivity contribution in [3.63, 3.8) is 0 Å². The molecule has 0 saturated carbocycles. The number of amides is 2. The van der Waals surface area contributed by atoms with Gasteiger partial charge in [0.05, 0.1) is 29.8 Å². The van der Waals surface area contributed by atoms with Gasteiger partial charge in [0.1, 0.15) is 5.82 Å². The van der Waals surface area contributed by atoms with Crippen molar-refractivity contribution in [2.24, 2.45) is 0 Å². The van der Waals surface area contributed by atoms with Crippen molar-refractivity contribution in [3.05, 3.63) is 53.3 Å². The second kappa shape index (κ2) is 9.18. The van der Waals surface area contributed by atoms with Gasteiger partial charge in [0.15, 0.2) is 0 Å². The smallest absolute Gasteiger partial charge is 0.322 e. The number of nitrogens with one attached hydrogen (secondary N) is 2. The van der Waals surface area contributed by atoms with Crippen LogP contribution in [0, 0.1) is 5.82 Å². The van der Waals surface area contributed by atoms with Gasteiger partial charge in [-0.2, -0.15) is 0 Å². The van der Waals surface area contributed by atoms with Crippen molar-refractivity contribution >= 4 is 33.1 Å². The van der Waals surface area contributed by atoms with E-state index in [0.29, 0.717) is 49.7 Å². The lowest BCUT2D eigenvalue weighted by Gasteiger charge is -2.37. The first-order valence-electron chi connectivity index (χ1n) is 10.9. The molecule has 2 aromatic rings. The molecule has 33 heavy (non-hydrogen) atoms. The van der Waals surface area contributed by atoms with Gasteiger partial charge in [-0.15, -0.1) is 0 Å². The fourth-order valence-corrected chi connectivity index (χ4v) is 5.09. The number of rotatable bonds is 4. The van der Waals surface area contributed by atoms with E-state index in [-0.39, 0.29) is 18.2 Å². The number of fused-ring (bicyclic) bond motifs is 1. The zero-order valence-corrected chi connectivity index (χ0v) is 19.8. The van der Waals surface area contributed by atoms with Crippen molar-refractivity contribution in [2.75, 3.05) is 40.8 Å². The Morgan fingerprint density at radius 2 is 1.88 bits per heavy atom. The molecular weight excluding hydrogens is 447 g/mol. The predicted octanol–water partition coefficient (Wildman–Crippen LogP) is 3.40. The fraction of sp³-hybridized carbons (Fsp3) is 0.435. The number of ether oxygens (including phenoxy) is 1. The maximum atomic E-state index is 14.9. The standard InChI is InChI=1S/C23H29FN4O4S/c1-15-12-28(13-16(2)32-15)22-8-7-18(11-20(22)24)25-23(29)27-10-9-19-17(14-27)5-4-6-21(19)26-33(3,30)31/h4-8,11,15-16,26H,9-10,12-14H2,1-3H3,(H,25,29)/t15-,16-/m0/s1. The maximum absolute atomic E-state index is 14.9. The minimum atomic E-state index is -3.39. The van der Waals surface area contributed by atoms with Crippen LogP contribution in [0.4, 0.5) is 26.2 Å². The van der Waals surface area contributed by atoms with Crippen LogP contribution in [0.25, 0.3) is 0 Å². The van der Waals surface area contributed by atoms with Gasteiger partial charge in [-0.05, 0) is 55.7 Å². The van der Waals surface area contributed by atoms with Crippen molar-refractivity contribution < 1.29 is 22.3 Å². The number of hydrogen-bond acceptors (Lipinski definition) is 5. The average Bonchev–Trinajstić information content (AvgIpc) is 2.72. The van der Waals surface area contributed by atoms with Crippen LogP contribution in [0.3, 0.4) is 0 Å². The van der Waals surface area contributed by atoms with Gasteiger partial charge in [0.2, 0.25) is 10.0 Å². The zero-order chi connectivity index (χ0) is 23.8. The quantitative estimate of drug-likeness (QED) is 0.706. The maximum Gasteiger partial charge on any atom is 0.322 e. The monoisotopic (exact) mass is 476 g/mol. The summed E-state index contributed by atoms with van der Waals surface area (Å²) in [6.45, 7) is 5.90. The summed E-state index contributed by atoms with van der Waals surface area (Å²) in [7, 11) is -3.39. The minimum absolute atomic E-state index is 0.0164. The van der Waals surface area contributed by atoms with Gasteiger partial charge in [-0.25, -0.2) is 17.6 Å². The summed E-state index contributed by atoms with van der Waals surface area (Å²) in [5.41, 5.74) is 3.18. The topological polar surface area (TPSA) is 91.0 Å². The molecule has 2 aliphatic rings. The van der Waals surface area contributed by atoms with Gasteiger partial charge in [0, 0.05) is 31.9 Å². The lowest BCUT2D eigenvalue weighted by atomic mass is 9.98. The van der Waals surface area contributed by atoms with E-state index in [2.05, 4.69) is 10.0 Å². The molecule has 0 spiro atoms. The number of hydrogen-bond donors (Lipinski definition) is 2. The summed E-state index contributed by atoms with van der Waals surface area (Å²) in [6, 6.07) is 9.75. The first-order chi connectivity index (χ1) is 15.6. The second-order valence-corrected chi connectivity index (χ2v) is 10.5. The Balaban J connectivity index is 1.43. The molecule has 2 aromatic carbocycles. The molecule has 2 amide bonds. The van der Waals surface area contributed by atoms with Crippen LogP contribution in [0.5, 0.6) is 0 Å². The highest BCUT2D eigenvalue weighted by Crippen LogP contribution is 2.29. The molecule has 8 nitrogen and oxygen atoms in total. The molecule has 0 aromatic heterocycles. The van der Waals surface area contributed by atoms with Crippen molar-refractivity contribution in [2.45, 2.75) is 39.0 Å². The van der Waals surface area contributed by atoms with E-state index in [4.69, 9.17) is 4.74 Å². The van der Waals surface area contributed by atoms with Gasteiger partial charge < -0.3 is 19.9 Å². The normalized spacial score (nSPS) is 20.8. The molecule has 0 aliphatic carbocycles. The Morgan fingerprint density at radius 1 is 1.15 bits per heavy atom. The Morgan fingerprint density at radius 3 is 2.55 bits per heavy atom. The molecule has 178 valence electrons. The zero-order valence-electron chi connectivity index (χ0n) is 19.0. The fourth-order valence-electron chi connectivity index (χ4n) is 4.50. The molecule has 2 N–H and O–H groups in total. The number of halogens is 1. The SMILES string of the molecule is C[C@H]1CN(c2ccc(NC(=O)N3CCc4c(cccc4NS(C)(=O)=O)C3)cc2F)C[C@H](C)O1. The van der Waals surface area contributed by atoms with E-state index in [9.17, 15) is 17.6 Å². The van der Waals surface area contributed by atoms with E-state index in [1.807, 2.05) is 24.8 Å². The van der Waals surface area contributed by atoms with E-state index in [1.54, 1.807) is 29.2 Å². The predicted molar refractivity (Wildman–Crippen MR) is 127 cm³/mol. The highest BCUT2D eigenvalue weighted by molar-refractivity contribution is 7.92. The highest BCUT2D eigenvalue weighted by Gasteiger charge is 2.26. The number of anilines is 3. The summed E-state index contributed by atoms with van der Waals surface area (Å²) in [6.07, 6.45) is 1.66. The van der Waals surface area contributed by atoms with E-state index in [1.165, 1.54) is 6.07 Å². The third kappa shape index (κ3) is 5.56. The molecule has 0 radical (unpaired) electrons. The first-order valence-corrected chi connectivity index (χ1v) is 12.8. The Kier molecular flexibility index (Phi) is 6.49. The number of sulfonamides is 1. The highest BCUT2D eigenvalue weighted by atomic mass is 32.2. The number of benzene rings is 2. The average molecular weight is 477 g/mol. The summed E-state index contributed by atoms with van der Waals surface area (Å²) >= 11 is 0. The number of nitrogens with zero attached hydrogens (tertiary/aromatic N) is 2. The van der Waals surface area contributed by atoms with Gasteiger partial charge >= 0.3 is 6.03 Å². The number of morpholine rings is 1. The molecule has 4 rings (SSSR count). The third-order valence-electron chi connectivity index (χ3n) is 5.81. The van der Waals surface area contributed by atoms with Gasteiger partial charge in [-0.1, -0.05) is 12.1 Å². The largest absolute Gasteiger partial charge is 0.372 e. The van der Waals surface area contributed by atoms with Crippen LogP contribution in [-0.4, -0.2) is 57.4 Å². The van der Waals surface area contributed by atoms with Crippen LogP contribution < -0.4 is 14.9 Å². The first kappa shape index (κ1) is 23.3. The van der Waals surface area contributed by atoms with E-state index in [0.717, 1.165) is 17.4 Å². The Hall–Kier alpha value is -2.85. The molecule has 1 fully saturated rings. The summed E-state index contributed by atoms with van der Waals surface area (Å²) in [4.78, 5) is 16.4. The molecule has 0 unspecified atom stereocenters. The lowest BCUT2D eigenvalue weighted by Crippen LogP contribution is -2.45. The van der Waals surface area contributed by atoms with Crippen molar-refractivity contribution in [1.29, 1.82) is 0 Å². The van der Waals surface area contributed by atoms with Crippen molar-refractivity contribution in [1.82, 2.24) is 4.90 Å². The molecule has 2 aliphatic heterocycles. The van der Waals surface area contributed by atoms with E-state index >= 15 is 0 Å². The van der Waals surface area contributed by atoms with Crippen LogP contribution in [0.2, 0.25) is 0 Å². The molecule has 0 bridgehead atoms. The summed E-state index contributed by atoms with van der Waals surface area (Å²) in [5, 5.41) is 2.78. The van der Waals surface area contributed by atoms with Crippen LogP contribution >= 0.6 is 0 Å². The van der Waals surface area contributed by atoms with Crippen LogP contribution in [0.15, 0.2) is 36.4 Å². The van der Waals surface area contributed by atoms with Gasteiger partial charge in [0.25, 0.3) is 0 Å². The van der Waals surface area contributed by atoms with E-state index < -0.39 is 15.8 Å². The Labute approximate surface area is 193 Å². The number of carbonyl (C=O) groups is 1. The minimum Gasteiger partial charge on any atom is -0.372 e. The second-order valence-electron chi connectivity index (χ2n) is 8.75. The lowest BCUT2D eigenvalue weighted by molar-refractivity contribution is -0.00539. The molecule has 1 saturated heterocycles. The molecule has 2 heterocycles. The molecule has 2 atom stereocenters. The summed E-state index contributed by atoms with van der Waals surface area (Å²) < 4.78 is 46.4. The third-order valence-corrected chi connectivity index (χ3v) is 6.40. The molecular formula is C23H29FN4O4S. The van der Waals surface area contributed by atoms with Crippen LogP contribution in [-0.2, 0) is 27.7 Å². The van der Waals surface area contributed by atoms with Crippen molar-refractivity contribution in [3.8, 4) is 0 Å². The van der Waals surface area contributed by atoms with Crippen LogP contribution in [0.1, 0.15) is 25.0 Å². The Bertz CT molecular complexity index is 1150. The molecule has 10 heteroatoms.